The minimum absolute atomic E-state index is 0.0438. The number of aliphatic carboxylic acids is 1. The van der Waals surface area contributed by atoms with Crippen molar-refractivity contribution in [2.24, 2.45) is 0 Å². The number of rotatable bonds is 6. The zero-order chi connectivity index (χ0) is 14.6. The first-order valence-corrected chi connectivity index (χ1v) is 7.19. The fourth-order valence-corrected chi connectivity index (χ4v) is 3.16. The highest BCUT2D eigenvalue weighted by Crippen LogP contribution is 2.17. The Bertz CT molecular complexity index is 567. The van der Waals surface area contributed by atoms with Crippen LogP contribution in [0.3, 0.4) is 0 Å². The fraction of sp³-hybridized carbons (Fsp3) is 0.417. The molecule has 0 aliphatic heterocycles. The molecular formula is C12H17NO5S. The summed E-state index contributed by atoms with van der Waals surface area (Å²) in [6.07, 6.45) is -0.181. The van der Waals surface area contributed by atoms with Gasteiger partial charge in [-0.05, 0) is 31.9 Å². The van der Waals surface area contributed by atoms with E-state index in [0.29, 0.717) is 5.56 Å². The van der Waals surface area contributed by atoms with Gasteiger partial charge in [-0.15, -0.1) is 0 Å². The second-order valence-electron chi connectivity index (χ2n) is 4.29. The summed E-state index contributed by atoms with van der Waals surface area (Å²) in [5.41, 5.74) is 1.46. The smallest absolute Gasteiger partial charge is 0.321 e. The highest BCUT2D eigenvalue weighted by Gasteiger charge is 2.25. The molecule has 3 N–H and O–H groups in total. The molecule has 0 aliphatic rings. The number of aryl methyl sites for hydroxylation is 2. The van der Waals surface area contributed by atoms with E-state index in [-0.39, 0.29) is 11.3 Å². The van der Waals surface area contributed by atoms with Crippen LogP contribution in [-0.2, 0) is 14.8 Å². The Hall–Kier alpha value is -1.44. The number of sulfonamides is 1. The van der Waals surface area contributed by atoms with E-state index in [1.807, 2.05) is 6.92 Å². The third-order valence-corrected chi connectivity index (χ3v) is 4.27. The number of benzene rings is 1. The summed E-state index contributed by atoms with van der Waals surface area (Å²) < 4.78 is 26.3. The van der Waals surface area contributed by atoms with Crippen molar-refractivity contribution in [2.45, 2.75) is 31.2 Å². The SMILES string of the molecule is Cc1ccc(S(=O)(=O)N[C@H](CCO)C(=O)O)c(C)c1. The molecule has 0 fully saturated rings. The van der Waals surface area contributed by atoms with Crippen LogP contribution in [0.4, 0.5) is 0 Å². The summed E-state index contributed by atoms with van der Waals surface area (Å²) in [4.78, 5) is 10.9. The maximum atomic E-state index is 12.1. The van der Waals surface area contributed by atoms with Crippen LogP contribution in [0.5, 0.6) is 0 Å². The minimum Gasteiger partial charge on any atom is -0.480 e. The van der Waals surface area contributed by atoms with Crippen LogP contribution in [-0.4, -0.2) is 37.2 Å². The molecular weight excluding hydrogens is 270 g/mol. The van der Waals surface area contributed by atoms with Crippen molar-refractivity contribution < 1.29 is 23.4 Å². The second-order valence-corrected chi connectivity index (χ2v) is 5.98. The zero-order valence-electron chi connectivity index (χ0n) is 10.8. The monoisotopic (exact) mass is 287 g/mol. The highest BCUT2D eigenvalue weighted by molar-refractivity contribution is 7.89. The molecule has 0 radical (unpaired) electrons. The van der Waals surface area contributed by atoms with E-state index in [0.717, 1.165) is 5.56 Å². The van der Waals surface area contributed by atoms with Gasteiger partial charge in [-0.3, -0.25) is 4.79 Å². The van der Waals surface area contributed by atoms with Crippen molar-refractivity contribution in [3.05, 3.63) is 29.3 Å². The third-order valence-electron chi connectivity index (χ3n) is 2.63. The predicted octanol–water partition coefficient (Wildman–Crippen LogP) is 0.417. The summed E-state index contributed by atoms with van der Waals surface area (Å²) in [6, 6.07) is 3.45. The van der Waals surface area contributed by atoms with Crippen molar-refractivity contribution >= 4 is 16.0 Å². The number of hydrogen-bond acceptors (Lipinski definition) is 4. The maximum absolute atomic E-state index is 12.1. The van der Waals surface area contributed by atoms with Gasteiger partial charge < -0.3 is 10.2 Å². The highest BCUT2D eigenvalue weighted by atomic mass is 32.2. The van der Waals surface area contributed by atoms with Gasteiger partial charge in [0.1, 0.15) is 6.04 Å². The van der Waals surface area contributed by atoms with Gasteiger partial charge in [-0.25, -0.2) is 8.42 Å². The Balaban J connectivity index is 3.06. The summed E-state index contributed by atoms with van der Waals surface area (Å²) in [5, 5.41) is 17.6. The van der Waals surface area contributed by atoms with Crippen LogP contribution < -0.4 is 4.72 Å². The molecule has 0 saturated heterocycles. The topological polar surface area (TPSA) is 104 Å². The lowest BCUT2D eigenvalue weighted by Crippen LogP contribution is -2.41. The zero-order valence-corrected chi connectivity index (χ0v) is 11.6. The number of aliphatic hydroxyl groups is 1. The standard InChI is InChI=1S/C12H17NO5S/c1-8-3-4-11(9(2)7-8)19(17,18)13-10(5-6-14)12(15)16/h3-4,7,10,13-14H,5-6H2,1-2H3,(H,15,16)/t10-/m1/s1. The maximum Gasteiger partial charge on any atom is 0.321 e. The summed E-state index contributed by atoms with van der Waals surface area (Å²) in [7, 11) is -3.92. The average molecular weight is 287 g/mol. The Morgan fingerprint density at radius 2 is 2.00 bits per heavy atom. The molecule has 1 aromatic rings. The molecule has 0 heterocycles. The van der Waals surface area contributed by atoms with Crippen LogP contribution in [0.2, 0.25) is 0 Å². The third kappa shape index (κ3) is 4.02. The molecule has 7 heteroatoms. The van der Waals surface area contributed by atoms with Gasteiger partial charge in [-0.1, -0.05) is 17.7 Å². The van der Waals surface area contributed by atoms with E-state index < -0.39 is 28.6 Å². The van der Waals surface area contributed by atoms with Gasteiger partial charge in [0.2, 0.25) is 10.0 Å². The van der Waals surface area contributed by atoms with Gasteiger partial charge in [0.05, 0.1) is 4.90 Å². The quantitative estimate of drug-likeness (QED) is 0.703. The van der Waals surface area contributed by atoms with Crippen molar-refractivity contribution in [1.82, 2.24) is 4.72 Å². The molecule has 0 unspecified atom stereocenters. The first kappa shape index (κ1) is 15.6. The summed E-state index contributed by atoms with van der Waals surface area (Å²) >= 11 is 0. The van der Waals surface area contributed by atoms with Gasteiger partial charge >= 0.3 is 5.97 Å². The van der Waals surface area contributed by atoms with Crippen LogP contribution >= 0.6 is 0 Å². The van der Waals surface area contributed by atoms with Crippen molar-refractivity contribution in [1.29, 1.82) is 0 Å². The van der Waals surface area contributed by atoms with E-state index in [9.17, 15) is 13.2 Å². The van der Waals surface area contributed by atoms with Crippen molar-refractivity contribution in [3.63, 3.8) is 0 Å². The molecule has 0 aliphatic carbocycles. The van der Waals surface area contributed by atoms with Crippen molar-refractivity contribution in [2.75, 3.05) is 6.61 Å². The molecule has 19 heavy (non-hydrogen) atoms. The van der Waals surface area contributed by atoms with E-state index >= 15 is 0 Å². The van der Waals surface area contributed by atoms with Gasteiger partial charge in [0.25, 0.3) is 0 Å². The molecule has 1 aromatic carbocycles. The van der Waals surface area contributed by atoms with Crippen LogP contribution in [0, 0.1) is 13.8 Å². The first-order valence-electron chi connectivity index (χ1n) is 5.71. The lowest BCUT2D eigenvalue weighted by atomic mass is 10.2. The van der Waals surface area contributed by atoms with Crippen molar-refractivity contribution in [3.8, 4) is 0 Å². The van der Waals surface area contributed by atoms with E-state index in [1.165, 1.54) is 6.07 Å². The second kappa shape index (κ2) is 6.14. The number of carboxylic acid groups (broad SMARTS) is 1. The Kier molecular flexibility index (Phi) is 5.04. The largest absolute Gasteiger partial charge is 0.480 e. The average Bonchev–Trinajstić information content (AvgIpc) is 2.27. The molecule has 106 valence electrons. The van der Waals surface area contributed by atoms with E-state index in [1.54, 1.807) is 19.1 Å². The number of carbonyl (C=O) groups is 1. The molecule has 0 bridgehead atoms. The number of hydrogen-bond donors (Lipinski definition) is 3. The van der Waals surface area contributed by atoms with Gasteiger partial charge in [-0.2, -0.15) is 4.72 Å². The Labute approximate surface area is 112 Å². The van der Waals surface area contributed by atoms with Gasteiger partial charge in [0, 0.05) is 6.61 Å². The molecule has 0 saturated carbocycles. The van der Waals surface area contributed by atoms with Crippen LogP contribution in [0.15, 0.2) is 23.1 Å². The molecule has 1 atom stereocenters. The van der Waals surface area contributed by atoms with Crippen LogP contribution in [0.25, 0.3) is 0 Å². The predicted molar refractivity (Wildman–Crippen MR) is 69.4 cm³/mol. The van der Waals surface area contributed by atoms with Gasteiger partial charge in [0.15, 0.2) is 0 Å². The van der Waals surface area contributed by atoms with E-state index in [2.05, 4.69) is 4.72 Å². The summed E-state index contributed by atoms with van der Waals surface area (Å²) in [5.74, 6) is -1.32. The molecule has 0 amide bonds. The lowest BCUT2D eigenvalue weighted by molar-refractivity contribution is -0.139. The molecule has 6 nitrogen and oxygen atoms in total. The fourth-order valence-electron chi connectivity index (χ4n) is 1.71. The minimum atomic E-state index is -3.92. The van der Waals surface area contributed by atoms with E-state index in [4.69, 9.17) is 10.2 Å². The summed E-state index contributed by atoms with van der Waals surface area (Å²) in [6.45, 7) is 3.07. The molecule has 0 spiro atoms. The normalized spacial score (nSPS) is 13.2. The first-order chi connectivity index (χ1) is 8.77. The Morgan fingerprint density at radius 3 is 2.47 bits per heavy atom. The number of nitrogens with one attached hydrogen (secondary N) is 1. The molecule has 1 rings (SSSR count). The Morgan fingerprint density at radius 1 is 1.37 bits per heavy atom. The number of aliphatic hydroxyl groups excluding tert-OH is 1. The lowest BCUT2D eigenvalue weighted by Gasteiger charge is -2.15. The number of carboxylic acids is 1. The van der Waals surface area contributed by atoms with Crippen LogP contribution in [0.1, 0.15) is 17.5 Å². The molecule has 0 aromatic heterocycles.